The molecule has 0 spiro atoms. The van der Waals surface area contributed by atoms with Crippen LogP contribution in [0.4, 0.5) is 0 Å². The van der Waals surface area contributed by atoms with Gasteiger partial charge in [-0.15, -0.1) is 24.0 Å². The SMILES string of the molecule is CN=C(NC1CCCC(C(=O)NC2CC2)C1)NC1CC1C1CCCCC1.I. The minimum atomic E-state index is 0. The predicted octanol–water partition coefficient (Wildman–Crippen LogP) is 3.58. The first-order valence-electron chi connectivity index (χ1n) is 11.0. The van der Waals surface area contributed by atoms with E-state index in [9.17, 15) is 4.79 Å². The van der Waals surface area contributed by atoms with Gasteiger partial charge in [0, 0.05) is 31.1 Å². The van der Waals surface area contributed by atoms with Crippen molar-refractivity contribution < 1.29 is 4.79 Å². The Morgan fingerprint density at radius 3 is 2.30 bits per heavy atom. The van der Waals surface area contributed by atoms with Gasteiger partial charge >= 0.3 is 0 Å². The van der Waals surface area contributed by atoms with Gasteiger partial charge in [-0.25, -0.2) is 0 Å². The zero-order valence-electron chi connectivity index (χ0n) is 16.7. The van der Waals surface area contributed by atoms with Crippen LogP contribution >= 0.6 is 24.0 Å². The molecule has 154 valence electrons. The van der Waals surface area contributed by atoms with Crippen molar-refractivity contribution in [1.82, 2.24) is 16.0 Å². The largest absolute Gasteiger partial charge is 0.354 e. The van der Waals surface area contributed by atoms with E-state index in [1.54, 1.807) is 0 Å². The molecule has 0 aromatic heterocycles. The first-order valence-corrected chi connectivity index (χ1v) is 11.0. The van der Waals surface area contributed by atoms with E-state index in [1.807, 2.05) is 7.05 Å². The average molecular weight is 488 g/mol. The number of carbonyl (C=O) groups excluding carboxylic acids is 1. The van der Waals surface area contributed by atoms with Gasteiger partial charge in [-0.3, -0.25) is 9.79 Å². The molecule has 4 unspecified atom stereocenters. The number of amides is 1. The molecule has 0 heterocycles. The molecule has 4 rings (SSSR count). The lowest BCUT2D eigenvalue weighted by Gasteiger charge is -2.30. The molecule has 0 bridgehead atoms. The number of carbonyl (C=O) groups is 1. The molecule has 0 aliphatic heterocycles. The fourth-order valence-electron chi connectivity index (χ4n) is 5.11. The molecule has 0 saturated heterocycles. The van der Waals surface area contributed by atoms with E-state index < -0.39 is 0 Å². The van der Waals surface area contributed by atoms with Crippen LogP contribution in [0.3, 0.4) is 0 Å². The van der Waals surface area contributed by atoms with Crippen LogP contribution in [0.15, 0.2) is 4.99 Å². The average Bonchev–Trinajstić information content (AvgIpc) is 3.59. The number of hydrogen-bond acceptors (Lipinski definition) is 2. The molecule has 4 saturated carbocycles. The third-order valence-corrected chi connectivity index (χ3v) is 6.95. The number of rotatable bonds is 5. The fraction of sp³-hybridized carbons (Fsp3) is 0.905. The van der Waals surface area contributed by atoms with Crippen LogP contribution < -0.4 is 16.0 Å². The van der Waals surface area contributed by atoms with Crippen LogP contribution in [0.25, 0.3) is 0 Å². The topological polar surface area (TPSA) is 65.5 Å². The highest BCUT2D eigenvalue weighted by Gasteiger charge is 2.43. The van der Waals surface area contributed by atoms with Gasteiger partial charge in [-0.2, -0.15) is 0 Å². The molecule has 4 aliphatic rings. The third-order valence-electron chi connectivity index (χ3n) is 6.95. The predicted molar refractivity (Wildman–Crippen MR) is 120 cm³/mol. The Labute approximate surface area is 181 Å². The summed E-state index contributed by atoms with van der Waals surface area (Å²) in [6.07, 6.45) is 15.0. The van der Waals surface area contributed by atoms with E-state index in [-0.39, 0.29) is 35.8 Å². The Kier molecular flexibility index (Phi) is 7.68. The first-order chi connectivity index (χ1) is 12.7. The maximum absolute atomic E-state index is 12.4. The van der Waals surface area contributed by atoms with Crippen LogP contribution in [0.5, 0.6) is 0 Å². The first kappa shape index (κ1) is 21.2. The molecule has 1 amide bonds. The highest BCUT2D eigenvalue weighted by molar-refractivity contribution is 14.0. The normalized spacial score (nSPS) is 34.3. The lowest BCUT2D eigenvalue weighted by molar-refractivity contribution is -0.126. The van der Waals surface area contributed by atoms with Crippen LogP contribution in [0.2, 0.25) is 0 Å². The quantitative estimate of drug-likeness (QED) is 0.315. The number of aliphatic imine (C=N–C) groups is 1. The minimum absolute atomic E-state index is 0. The number of guanidine groups is 1. The van der Waals surface area contributed by atoms with Crippen molar-refractivity contribution in [3.05, 3.63) is 0 Å². The lowest BCUT2D eigenvalue weighted by Crippen LogP contribution is -2.48. The van der Waals surface area contributed by atoms with Gasteiger partial charge < -0.3 is 16.0 Å². The molecule has 3 N–H and O–H groups in total. The molecule has 4 fully saturated rings. The molecule has 0 radical (unpaired) electrons. The zero-order chi connectivity index (χ0) is 17.9. The Morgan fingerprint density at radius 2 is 1.59 bits per heavy atom. The van der Waals surface area contributed by atoms with Gasteiger partial charge in [-0.1, -0.05) is 38.5 Å². The number of nitrogens with zero attached hydrogens (tertiary/aromatic N) is 1. The van der Waals surface area contributed by atoms with Crippen LogP contribution in [-0.2, 0) is 4.79 Å². The number of nitrogens with one attached hydrogen (secondary N) is 3. The Morgan fingerprint density at radius 1 is 0.815 bits per heavy atom. The molecular weight excluding hydrogens is 451 g/mol. The van der Waals surface area contributed by atoms with E-state index in [0.717, 1.165) is 43.5 Å². The summed E-state index contributed by atoms with van der Waals surface area (Å²) in [7, 11) is 1.87. The third kappa shape index (κ3) is 5.97. The van der Waals surface area contributed by atoms with Gasteiger partial charge in [0.2, 0.25) is 5.91 Å². The second kappa shape index (κ2) is 9.79. The molecule has 6 heteroatoms. The van der Waals surface area contributed by atoms with Crippen molar-refractivity contribution in [2.24, 2.45) is 22.7 Å². The van der Waals surface area contributed by atoms with Crippen molar-refractivity contribution in [2.75, 3.05) is 7.05 Å². The van der Waals surface area contributed by atoms with Gasteiger partial charge in [0.1, 0.15) is 0 Å². The summed E-state index contributed by atoms with van der Waals surface area (Å²) in [6.45, 7) is 0. The van der Waals surface area contributed by atoms with Crippen molar-refractivity contribution in [1.29, 1.82) is 0 Å². The lowest BCUT2D eigenvalue weighted by atomic mass is 9.85. The Balaban J connectivity index is 0.00000210. The highest BCUT2D eigenvalue weighted by Crippen LogP contribution is 2.44. The Bertz CT molecular complexity index is 530. The summed E-state index contributed by atoms with van der Waals surface area (Å²) in [5.41, 5.74) is 0. The van der Waals surface area contributed by atoms with Crippen molar-refractivity contribution in [2.45, 2.75) is 95.2 Å². The molecule has 4 atom stereocenters. The maximum atomic E-state index is 12.4. The van der Waals surface area contributed by atoms with Crippen molar-refractivity contribution >= 4 is 35.8 Å². The van der Waals surface area contributed by atoms with Crippen LogP contribution in [0, 0.1) is 17.8 Å². The molecule has 27 heavy (non-hydrogen) atoms. The van der Waals surface area contributed by atoms with Crippen molar-refractivity contribution in [3.63, 3.8) is 0 Å². The summed E-state index contributed by atoms with van der Waals surface area (Å²) in [4.78, 5) is 16.8. The maximum Gasteiger partial charge on any atom is 0.223 e. The van der Waals surface area contributed by atoms with Gasteiger partial charge in [0.15, 0.2) is 5.96 Å². The summed E-state index contributed by atoms with van der Waals surface area (Å²) < 4.78 is 0. The van der Waals surface area contributed by atoms with E-state index in [0.29, 0.717) is 18.1 Å². The van der Waals surface area contributed by atoms with Crippen LogP contribution in [0.1, 0.15) is 77.0 Å². The second-order valence-electron chi connectivity index (χ2n) is 9.11. The zero-order valence-corrected chi connectivity index (χ0v) is 19.0. The second-order valence-corrected chi connectivity index (χ2v) is 9.11. The fourth-order valence-corrected chi connectivity index (χ4v) is 5.11. The molecule has 0 aromatic rings. The summed E-state index contributed by atoms with van der Waals surface area (Å²) in [5.74, 6) is 3.20. The van der Waals surface area contributed by atoms with Crippen molar-refractivity contribution in [3.8, 4) is 0 Å². The monoisotopic (exact) mass is 488 g/mol. The molecule has 0 aromatic carbocycles. The standard InChI is InChI=1S/C21H36N4O.HI/c1-22-21(25-19-13-18(19)14-6-3-2-4-7-14)24-17-9-5-8-15(12-17)20(26)23-16-10-11-16;/h14-19H,2-13H2,1H3,(H,23,26)(H2,22,24,25);1H. The smallest absolute Gasteiger partial charge is 0.223 e. The van der Waals surface area contributed by atoms with E-state index >= 15 is 0 Å². The van der Waals surface area contributed by atoms with Gasteiger partial charge in [-0.05, 0) is 50.4 Å². The summed E-state index contributed by atoms with van der Waals surface area (Å²) in [5, 5.41) is 10.5. The summed E-state index contributed by atoms with van der Waals surface area (Å²) >= 11 is 0. The molecule has 5 nitrogen and oxygen atoms in total. The minimum Gasteiger partial charge on any atom is -0.354 e. The van der Waals surface area contributed by atoms with Crippen LogP contribution in [-0.4, -0.2) is 37.0 Å². The van der Waals surface area contributed by atoms with Gasteiger partial charge in [0.25, 0.3) is 0 Å². The Hall–Kier alpha value is -0.530. The van der Waals surface area contributed by atoms with E-state index in [2.05, 4.69) is 20.9 Å². The van der Waals surface area contributed by atoms with Gasteiger partial charge in [0.05, 0.1) is 0 Å². The number of hydrogen-bond donors (Lipinski definition) is 3. The highest BCUT2D eigenvalue weighted by atomic mass is 127. The van der Waals surface area contributed by atoms with E-state index in [1.165, 1.54) is 51.4 Å². The summed E-state index contributed by atoms with van der Waals surface area (Å²) in [6, 6.07) is 1.45. The molecule has 4 aliphatic carbocycles. The van der Waals surface area contributed by atoms with E-state index in [4.69, 9.17) is 0 Å². The molecular formula is C21H37IN4O. The number of halogens is 1.